The molecule has 0 amide bonds. The molecule has 19 heavy (non-hydrogen) atoms. The van der Waals surface area contributed by atoms with Crippen LogP contribution in [0, 0.1) is 11.8 Å². The Hall–Kier alpha value is -1.68. The van der Waals surface area contributed by atoms with Crippen molar-refractivity contribution in [1.82, 2.24) is 10.7 Å². The van der Waals surface area contributed by atoms with Crippen molar-refractivity contribution in [2.24, 2.45) is 16.9 Å². The van der Waals surface area contributed by atoms with E-state index >= 15 is 0 Å². The maximum absolute atomic E-state index is 5.22. The molecule has 0 unspecified atom stereocenters. The fourth-order valence-electron chi connectivity index (χ4n) is 2.60. The van der Waals surface area contributed by atoms with Crippen LogP contribution in [0.1, 0.15) is 18.4 Å². The number of hydrazone groups is 1. The van der Waals surface area contributed by atoms with Crippen LogP contribution in [0.3, 0.4) is 0 Å². The number of nitrogens with zero attached hydrogens (tertiary/aromatic N) is 1. The number of nitrogens with one attached hydrogen (secondary N) is 2. The molecule has 0 aromatic heterocycles. The highest BCUT2D eigenvalue weighted by Gasteiger charge is 2.37. The molecule has 2 atom stereocenters. The maximum Gasteiger partial charge on any atom is 0.187 e. The van der Waals surface area contributed by atoms with Gasteiger partial charge in [0.1, 0.15) is 0 Å². The Morgan fingerprint density at radius 1 is 1.32 bits per heavy atom. The van der Waals surface area contributed by atoms with E-state index in [2.05, 4.69) is 40.1 Å². The molecule has 1 aromatic rings. The van der Waals surface area contributed by atoms with E-state index in [9.17, 15) is 0 Å². The Labute approximate surface area is 118 Å². The van der Waals surface area contributed by atoms with E-state index in [4.69, 9.17) is 12.2 Å². The second kappa shape index (κ2) is 5.53. The Bertz CT molecular complexity index is 521. The van der Waals surface area contributed by atoms with Gasteiger partial charge in [0.2, 0.25) is 0 Å². The molecule has 1 saturated carbocycles. The molecule has 3 rings (SSSR count). The molecule has 98 valence electrons. The van der Waals surface area contributed by atoms with Gasteiger partial charge in [-0.05, 0) is 36.5 Å². The van der Waals surface area contributed by atoms with E-state index in [1.54, 1.807) is 0 Å². The lowest BCUT2D eigenvalue weighted by Crippen LogP contribution is -2.38. The van der Waals surface area contributed by atoms with Crippen LogP contribution >= 0.6 is 12.2 Å². The Balaban J connectivity index is 1.45. The van der Waals surface area contributed by atoms with Gasteiger partial charge < -0.3 is 5.32 Å². The maximum atomic E-state index is 5.22. The zero-order valence-electron chi connectivity index (χ0n) is 10.7. The normalized spacial score (nSPS) is 25.8. The SMILES string of the molecule is S=C(NCc1ccccc1)N/N=C1/C[C@H]2CC=C[C@@H]12. The Morgan fingerprint density at radius 2 is 2.16 bits per heavy atom. The quantitative estimate of drug-likeness (QED) is 0.504. The summed E-state index contributed by atoms with van der Waals surface area (Å²) in [6.45, 7) is 0.726. The number of hydrogen-bond acceptors (Lipinski definition) is 2. The summed E-state index contributed by atoms with van der Waals surface area (Å²) in [5, 5.41) is 8.14. The summed E-state index contributed by atoms with van der Waals surface area (Å²) in [5.41, 5.74) is 5.38. The first-order chi connectivity index (χ1) is 9.33. The van der Waals surface area contributed by atoms with E-state index in [0.717, 1.165) is 18.9 Å². The Morgan fingerprint density at radius 3 is 2.95 bits per heavy atom. The highest BCUT2D eigenvalue weighted by molar-refractivity contribution is 7.80. The van der Waals surface area contributed by atoms with Crippen LogP contribution in [0.15, 0.2) is 47.6 Å². The largest absolute Gasteiger partial charge is 0.357 e. The molecule has 3 nitrogen and oxygen atoms in total. The molecular weight excluding hydrogens is 254 g/mol. The third-order valence-corrected chi connectivity index (χ3v) is 3.98. The molecule has 2 N–H and O–H groups in total. The highest BCUT2D eigenvalue weighted by Crippen LogP contribution is 2.40. The molecule has 4 heteroatoms. The number of fused-ring (bicyclic) bond motifs is 1. The van der Waals surface area contributed by atoms with Crippen molar-refractivity contribution in [2.45, 2.75) is 19.4 Å². The van der Waals surface area contributed by atoms with Gasteiger partial charge in [-0.25, -0.2) is 0 Å². The minimum atomic E-state index is 0.560. The summed E-state index contributed by atoms with van der Waals surface area (Å²) in [5.74, 6) is 1.36. The molecular formula is C15H17N3S. The van der Waals surface area contributed by atoms with Gasteiger partial charge in [0.15, 0.2) is 5.11 Å². The minimum Gasteiger partial charge on any atom is -0.357 e. The van der Waals surface area contributed by atoms with Crippen LogP contribution in [0.2, 0.25) is 0 Å². The van der Waals surface area contributed by atoms with E-state index in [1.807, 2.05) is 18.2 Å². The average molecular weight is 271 g/mol. The zero-order chi connectivity index (χ0) is 13.1. The standard InChI is InChI=1S/C15H17N3S/c19-15(16-10-11-5-2-1-3-6-11)18-17-14-9-12-7-4-8-13(12)14/h1-6,8,12-13H,7,9-10H2,(H2,16,18,19)/b17-14-/t12-,13-/m1/s1. The number of benzene rings is 1. The van der Waals surface area contributed by atoms with Crippen LogP contribution in [-0.4, -0.2) is 10.8 Å². The zero-order valence-corrected chi connectivity index (χ0v) is 11.5. The Kier molecular flexibility index (Phi) is 3.60. The van der Waals surface area contributed by atoms with Gasteiger partial charge in [0.25, 0.3) is 0 Å². The molecule has 0 aliphatic heterocycles. The summed E-state index contributed by atoms with van der Waals surface area (Å²) in [6.07, 6.45) is 6.82. The first-order valence-corrected chi connectivity index (χ1v) is 7.04. The number of rotatable bonds is 3. The van der Waals surface area contributed by atoms with Crippen LogP contribution in [0.25, 0.3) is 0 Å². The van der Waals surface area contributed by atoms with E-state index in [-0.39, 0.29) is 0 Å². The van der Waals surface area contributed by atoms with Crippen LogP contribution in [-0.2, 0) is 6.54 Å². The van der Waals surface area contributed by atoms with Crippen molar-refractivity contribution in [3.63, 3.8) is 0 Å². The van der Waals surface area contributed by atoms with E-state index in [0.29, 0.717) is 11.0 Å². The fourth-order valence-corrected chi connectivity index (χ4v) is 2.72. The number of hydrogen-bond donors (Lipinski definition) is 2. The molecule has 0 spiro atoms. The number of thiocarbonyl (C=S) groups is 1. The third kappa shape index (κ3) is 2.84. The smallest absolute Gasteiger partial charge is 0.187 e. The van der Waals surface area contributed by atoms with Gasteiger partial charge in [-0.3, -0.25) is 5.43 Å². The molecule has 1 aromatic carbocycles. The lowest BCUT2D eigenvalue weighted by atomic mass is 9.74. The summed E-state index contributed by atoms with van der Waals surface area (Å²) in [6, 6.07) is 10.2. The molecule has 2 aliphatic rings. The summed E-state index contributed by atoms with van der Waals surface area (Å²) in [7, 11) is 0. The second-order valence-corrected chi connectivity index (χ2v) is 5.45. The molecule has 2 aliphatic carbocycles. The van der Waals surface area contributed by atoms with E-state index in [1.165, 1.54) is 17.7 Å². The summed E-state index contributed by atoms with van der Waals surface area (Å²) >= 11 is 5.22. The van der Waals surface area contributed by atoms with Crippen LogP contribution in [0.4, 0.5) is 0 Å². The van der Waals surface area contributed by atoms with Gasteiger partial charge in [-0.2, -0.15) is 5.10 Å². The first-order valence-electron chi connectivity index (χ1n) is 6.64. The van der Waals surface area contributed by atoms with Crippen molar-refractivity contribution in [2.75, 3.05) is 0 Å². The predicted molar refractivity (Wildman–Crippen MR) is 81.8 cm³/mol. The number of allylic oxidation sites excluding steroid dienone is 2. The molecule has 0 radical (unpaired) electrons. The van der Waals surface area contributed by atoms with Crippen molar-refractivity contribution in [1.29, 1.82) is 0 Å². The van der Waals surface area contributed by atoms with Crippen LogP contribution in [0.5, 0.6) is 0 Å². The van der Waals surface area contributed by atoms with Crippen molar-refractivity contribution in [3.8, 4) is 0 Å². The van der Waals surface area contributed by atoms with Gasteiger partial charge in [-0.1, -0.05) is 42.5 Å². The summed E-state index contributed by atoms with van der Waals surface area (Å²) < 4.78 is 0. The van der Waals surface area contributed by atoms with Gasteiger partial charge in [0.05, 0.1) is 0 Å². The van der Waals surface area contributed by atoms with Crippen molar-refractivity contribution in [3.05, 3.63) is 48.0 Å². The van der Waals surface area contributed by atoms with Crippen molar-refractivity contribution >= 4 is 23.0 Å². The highest BCUT2D eigenvalue weighted by atomic mass is 32.1. The van der Waals surface area contributed by atoms with E-state index < -0.39 is 0 Å². The molecule has 1 fully saturated rings. The average Bonchev–Trinajstić information content (AvgIpc) is 2.79. The predicted octanol–water partition coefficient (Wildman–Crippen LogP) is 2.60. The van der Waals surface area contributed by atoms with Crippen LogP contribution < -0.4 is 10.7 Å². The monoisotopic (exact) mass is 271 g/mol. The fraction of sp³-hybridized carbons (Fsp3) is 0.333. The lowest BCUT2D eigenvalue weighted by Gasteiger charge is -2.31. The third-order valence-electron chi connectivity index (χ3n) is 3.74. The second-order valence-electron chi connectivity index (χ2n) is 5.04. The van der Waals surface area contributed by atoms with Crippen molar-refractivity contribution < 1.29 is 0 Å². The topological polar surface area (TPSA) is 36.4 Å². The first kappa shape index (κ1) is 12.4. The van der Waals surface area contributed by atoms with Gasteiger partial charge in [-0.15, -0.1) is 0 Å². The lowest BCUT2D eigenvalue weighted by molar-refractivity contribution is 0.444. The van der Waals surface area contributed by atoms with Gasteiger partial charge >= 0.3 is 0 Å². The molecule has 0 saturated heterocycles. The molecule has 0 bridgehead atoms. The van der Waals surface area contributed by atoms with Gasteiger partial charge in [0, 0.05) is 18.2 Å². The minimum absolute atomic E-state index is 0.560. The summed E-state index contributed by atoms with van der Waals surface area (Å²) in [4.78, 5) is 0. The molecule has 0 heterocycles.